The topological polar surface area (TPSA) is 61.0 Å². The molecule has 1 aliphatic heterocycles. The van der Waals surface area contributed by atoms with E-state index in [1.807, 2.05) is 29.3 Å². The molecule has 1 aliphatic carbocycles. The Morgan fingerprint density at radius 1 is 1.30 bits per heavy atom. The highest BCUT2D eigenvalue weighted by Gasteiger charge is 2.25. The quantitative estimate of drug-likeness (QED) is 0.844. The maximum atomic E-state index is 12.6. The first-order chi connectivity index (χ1) is 11.2. The van der Waals surface area contributed by atoms with Gasteiger partial charge in [0.2, 0.25) is 0 Å². The SMILES string of the molecule is O=C(N[C@H]1CCc2[nH]ncc2C1)N1CCc2cc(Cl)ccc2C1. The number of carbonyl (C=O) groups is 1. The zero-order chi connectivity index (χ0) is 15.8. The normalized spacial score (nSPS) is 19.9. The summed E-state index contributed by atoms with van der Waals surface area (Å²) in [6.07, 6.45) is 5.49. The lowest BCUT2D eigenvalue weighted by molar-refractivity contribution is 0.187. The molecule has 5 nitrogen and oxygen atoms in total. The predicted molar refractivity (Wildman–Crippen MR) is 88.5 cm³/mol. The number of aryl methyl sites for hydroxylation is 1. The molecule has 2 amide bonds. The van der Waals surface area contributed by atoms with Gasteiger partial charge in [-0.25, -0.2) is 4.79 Å². The van der Waals surface area contributed by atoms with Gasteiger partial charge < -0.3 is 10.2 Å². The first-order valence-electron chi connectivity index (χ1n) is 8.03. The Morgan fingerprint density at radius 2 is 2.22 bits per heavy atom. The van der Waals surface area contributed by atoms with Crippen molar-refractivity contribution in [2.24, 2.45) is 0 Å². The average Bonchev–Trinajstić information content (AvgIpc) is 3.02. The van der Waals surface area contributed by atoms with E-state index in [-0.39, 0.29) is 12.1 Å². The largest absolute Gasteiger partial charge is 0.335 e. The van der Waals surface area contributed by atoms with Crippen molar-refractivity contribution in [3.05, 3.63) is 51.8 Å². The Hall–Kier alpha value is -2.01. The number of aromatic amines is 1. The van der Waals surface area contributed by atoms with Crippen molar-refractivity contribution in [2.75, 3.05) is 6.54 Å². The molecule has 2 aromatic rings. The molecule has 4 rings (SSSR count). The first-order valence-corrected chi connectivity index (χ1v) is 8.41. The second kappa shape index (κ2) is 5.89. The second-order valence-electron chi connectivity index (χ2n) is 6.35. The molecule has 0 saturated heterocycles. The van der Waals surface area contributed by atoms with Gasteiger partial charge >= 0.3 is 6.03 Å². The fourth-order valence-electron chi connectivity index (χ4n) is 3.50. The summed E-state index contributed by atoms with van der Waals surface area (Å²) in [6, 6.07) is 6.15. The standard InChI is InChI=1S/C17H19ClN4O/c18-14-2-1-12-10-22(6-5-11(12)7-14)17(23)20-15-3-4-16-13(8-15)9-19-21-16/h1-2,7,9,15H,3-6,8,10H2,(H,19,21)(H,20,23)/t15-/m0/s1. The molecule has 6 heteroatoms. The van der Waals surface area contributed by atoms with Gasteiger partial charge in [0.05, 0.1) is 6.20 Å². The number of amides is 2. The van der Waals surface area contributed by atoms with Crippen LogP contribution in [0.5, 0.6) is 0 Å². The third kappa shape index (κ3) is 2.93. The number of benzene rings is 1. The van der Waals surface area contributed by atoms with E-state index < -0.39 is 0 Å². The molecular formula is C17H19ClN4O. The highest BCUT2D eigenvalue weighted by atomic mass is 35.5. The van der Waals surface area contributed by atoms with Crippen LogP contribution in [-0.4, -0.2) is 33.7 Å². The van der Waals surface area contributed by atoms with Gasteiger partial charge in [0.25, 0.3) is 0 Å². The van der Waals surface area contributed by atoms with Gasteiger partial charge in [-0.1, -0.05) is 17.7 Å². The summed E-state index contributed by atoms with van der Waals surface area (Å²) in [6.45, 7) is 1.39. The maximum Gasteiger partial charge on any atom is 0.317 e. The number of fused-ring (bicyclic) bond motifs is 2. The molecule has 0 unspecified atom stereocenters. The van der Waals surface area contributed by atoms with E-state index in [9.17, 15) is 4.79 Å². The fraction of sp³-hybridized carbons (Fsp3) is 0.412. The van der Waals surface area contributed by atoms with Crippen molar-refractivity contribution in [1.82, 2.24) is 20.4 Å². The number of hydrogen-bond acceptors (Lipinski definition) is 2. The van der Waals surface area contributed by atoms with Crippen molar-refractivity contribution in [2.45, 2.75) is 38.3 Å². The van der Waals surface area contributed by atoms with Gasteiger partial charge in [0.1, 0.15) is 0 Å². The molecule has 2 heterocycles. The van der Waals surface area contributed by atoms with Crippen LogP contribution in [0.1, 0.15) is 28.8 Å². The first kappa shape index (κ1) is 14.6. The van der Waals surface area contributed by atoms with Crippen LogP contribution in [0.4, 0.5) is 4.79 Å². The summed E-state index contributed by atoms with van der Waals surface area (Å²) in [5.41, 5.74) is 4.87. The Labute approximate surface area is 140 Å². The number of halogens is 1. The molecule has 2 N–H and O–H groups in total. The third-order valence-electron chi connectivity index (χ3n) is 4.81. The smallest absolute Gasteiger partial charge is 0.317 e. The average molecular weight is 331 g/mol. The van der Waals surface area contributed by atoms with E-state index in [0.29, 0.717) is 6.54 Å². The number of nitrogens with zero attached hydrogens (tertiary/aromatic N) is 2. The van der Waals surface area contributed by atoms with Gasteiger partial charge in [0, 0.05) is 29.8 Å². The number of rotatable bonds is 1. The van der Waals surface area contributed by atoms with Crippen LogP contribution in [-0.2, 0) is 25.8 Å². The Morgan fingerprint density at radius 3 is 3.13 bits per heavy atom. The van der Waals surface area contributed by atoms with E-state index in [0.717, 1.165) is 37.3 Å². The molecule has 23 heavy (non-hydrogen) atoms. The van der Waals surface area contributed by atoms with Crippen molar-refractivity contribution in [1.29, 1.82) is 0 Å². The molecule has 2 aliphatic rings. The lowest BCUT2D eigenvalue weighted by Gasteiger charge is -2.31. The fourth-order valence-corrected chi connectivity index (χ4v) is 3.70. The minimum Gasteiger partial charge on any atom is -0.335 e. The predicted octanol–water partition coefficient (Wildman–Crippen LogP) is 2.69. The Kier molecular flexibility index (Phi) is 3.73. The molecule has 0 saturated carbocycles. The Bertz CT molecular complexity index is 742. The van der Waals surface area contributed by atoms with Gasteiger partial charge in [-0.3, -0.25) is 5.10 Å². The van der Waals surface area contributed by atoms with Crippen LogP contribution in [0.2, 0.25) is 5.02 Å². The zero-order valence-electron chi connectivity index (χ0n) is 12.8. The van der Waals surface area contributed by atoms with Gasteiger partial charge in [-0.2, -0.15) is 5.10 Å². The van der Waals surface area contributed by atoms with Gasteiger partial charge in [0.15, 0.2) is 0 Å². The minimum absolute atomic E-state index is 0.0301. The molecule has 0 radical (unpaired) electrons. The number of hydrogen-bond donors (Lipinski definition) is 2. The van der Waals surface area contributed by atoms with E-state index in [2.05, 4.69) is 15.5 Å². The molecular weight excluding hydrogens is 312 g/mol. The lowest BCUT2D eigenvalue weighted by atomic mass is 9.93. The highest BCUT2D eigenvalue weighted by Crippen LogP contribution is 2.23. The maximum absolute atomic E-state index is 12.6. The Balaban J connectivity index is 1.40. The van der Waals surface area contributed by atoms with Crippen molar-refractivity contribution < 1.29 is 4.79 Å². The summed E-state index contributed by atoms with van der Waals surface area (Å²) >= 11 is 6.04. The van der Waals surface area contributed by atoms with Crippen LogP contribution in [0, 0.1) is 0 Å². The number of aromatic nitrogens is 2. The second-order valence-corrected chi connectivity index (χ2v) is 6.78. The summed E-state index contributed by atoms with van der Waals surface area (Å²) in [7, 11) is 0. The van der Waals surface area contributed by atoms with Crippen LogP contribution in [0.3, 0.4) is 0 Å². The summed E-state index contributed by atoms with van der Waals surface area (Å²) in [4.78, 5) is 14.4. The molecule has 0 fully saturated rings. The molecule has 0 spiro atoms. The van der Waals surface area contributed by atoms with E-state index in [4.69, 9.17) is 11.6 Å². The summed E-state index contributed by atoms with van der Waals surface area (Å²) in [5.74, 6) is 0. The lowest BCUT2D eigenvalue weighted by Crippen LogP contribution is -2.48. The number of carbonyl (C=O) groups excluding carboxylic acids is 1. The van der Waals surface area contributed by atoms with Crippen LogP contribution < -0.4 is 5.32 Å². The van der Waals surface area contributed by atoms with E-state index in [1.54, 1.807) is 0 Å². The summed E-state index contributed by atoms with van der Waals surface area (Å²) in [5, 5.41) is 11.1. The van der Waals surface area contributed by atoms with Gasteiger partial charge in [-0.15, -0.1) is 0 Å². The molecule has 120 valence electrons. The van der Waals surface area contributed by atoms with Crippen molar-refractivity contribution >= 4 is 17.6 Å². The third-order valence-corrected chi connectivity index (χ3v) is 5.05. The van der Waals surface area contributed by atoms with Gasteiger partial charge in [-0.05, 0) is 54.5 Å². The molecule has 1 atom stereocenters. The zero-order valence-corrected chi connectivity index (χ0v) is 13.6. The van der Waals surface area contributed by atoms with Crippen LogP contribution in [0.15, 0.2) is 24.4 Å². The van der Waals surface area contributed by atoms with E-state index >= 15 is 0 Å². The summed E-state index contributed by atoms with van der Waals surface area (Å²) < 4.78 is 0. The number of H-pyrrole nitrogens is 1. The minimum atomic E-state index is 0.0301. The highest BCUT2D eigenvalue weighted by molar-refractivity contribution is 6.30. The molecule has 0 bridgehead atoms. The van der Waals surface area contributed by atoms with Crippen LogP contribution in [0.25, 0.3) is 0 Å². The monoisotopic (exact) mass is 330 g/mol. The van der Waals surface area contributed by atoms with Crippen LogP contribution >= 0.6 is 11.6 Å². The molecule has 1 aromatic heterocycles. The number of nitrogens with one attached hydrogen (secondary N) is 2. The van der Waals surface area contributed by atoms with E-state index in [1.165, 1.54) is 22.4 Å². The van der Waals surface area contributed by atoms with Crippen molar-refractivity contribution in [3.63, 3.8) is 0 Å². The van der Waals surface area contributed by atoms with Crippen molar-refractivity contribution in [3.8, 4) is 0 Å². The molecule has 1 aromatic carbocycles. The number of urea groups is 1.